The maximum atomic E-state index is 14.3. The van der Waals surface area contributed by atoms with E-state index in [9.17, 15) is 18.8 Å². The Bertz CT molecular complexity index is 998. The molecule has 34 heavy (non-hydrogen) atoms. The highest BCUT2D eigenvalue weighted by atomic mass is 19.1. The smallest absolute Gasteiger partial charge is 0.409 e. The van der Waals surface area contributed by atoms with Gasteiger partial charge >= 0.3 is 6.09 Å². The first-order valence-corrected chi connectivity index (χ1v) is 11.3. The lowest BCUT2D eigenvalue weighted by Gasteiger charge is -2.26. The summed E-state index contributed by atoms with van der Waals surface area (Å²) in [6.07, 6.45) is -0.377. The molecule has 182 valence electrons. The van der Waals surface area contributed by atoms with Crippen LogP contribution in [0.15, 0.2) is 48.7 Å². The summed E-state index contributed by atoms with van der Waals surface area (Å²) in [5.41, 5.74) is 2.52. The molecule has 3 rings (SSSR count). The van der Waals surface area contributed by atoms with E-state index in [1.54, 1.807) is 6.20 Å². The van der Waals surface area contributed by atoms with Gasteiger partial charge < -0.3 is 19.9 Å². The van der Waals surface area contributed by atoms with Gasteiger partial charge in [0.15, 0.2) is 6.61 Å². The molecule has 1 N–H and O–H groups in total. The molecule has 1 aromatic heterocycles. The lowest BCUT2D eigenvalue weighted by Crippen LogP contribution is -2.48. The number of benzene rings is 1. The Morgan fingerprint density at radius 2 is 1.85 bits per heavy atom. The SMILES string of the molecule is CC(C)c1ccc([C@@H](NC(=O)[C@@H]2C[C@@H](F)CN2C(=O)COC(=O)N(C)C)c2ccccc2)nc1. The standard InChI is InChI=1S/C25H31FN4O4/c1-16(2)18-10-11-20(27-13-18)23(17-8-6-5-7-9-17)28-24(32)21-12-19(26)14-30(21)22(31)15-34-25(33)29(3)4/h5-11,13,16,19,21,23H,12,14-15H2,1-4H3,(H,28,32)/t19-,21+,23+/m1/s1. The van der Waals surface area contributed by atoms with Gasteiger partial charge in [-0.05, 0) is 23.1 Å². The fourth-order valence-corrected chi connectivity index (χ4v) is 3.79. The van der Waals surface area contributed by atoms with Crippen molar-refractivity contribution in [3.63, 3.8) is 0 Å². The lowest BCUT2D eigenvalue weighted by molar-refractivity contribution is -0.141. The van der Waals surface area contributed by atoms with Crippen LogP contribution in [0.2, 0.25) is 0 Å². The number of likely N-dealkylation sites (tertiary alicyclic amines) is 1. The van der Waals surface area contributed by atoms with Gasteiger partial charge in [0, 0.05) is 26.7 Å². The Morgan fingerprint density at radius 3 is 2.44 bits per heavy atom. The van der Waals surface area contributed by atoms with Gasteiger partial charge in [-0.2, -0.15) is 0 Å². The Kier molecular flexibility index (Phi) is 8.20. The number of aromatic nitrogens is 1. The van der Waals surface area contributed by atoms with E-state index >= 15 is 0 Å². The van der Waals surface area contributed by atoms with Crippen molar-refractivity contribution in [2.45, 2.75) is 44.4 Å². The maximum absolute atomic E-state index is 14.3. The second-order valence-electron chi connectivity index (χ2n) is 8.87. The minimum absolute atomic E-state index is 0.125. The van der Waals surface area contributed by atoms with E-state index in [2.05, 4.69) is 24.1 Å². The predicted molar refractivity (Wildman–Crippen MR) is 125 cm³/mol. The van der Waals surface area contributed by atoms with Gasteiger partial charge in [0.1, 0.15) is 12.2 Å². The van der Waals surface area contributed by atoms with Crippen molar-refractivity contribution < 1.29 is 23.5 Å². The highest BCUT2D eigenvalue weighted by molar-refractivity contribution is 5.90. The maximum Gasteiger partial charge on any atom is 0.409 e. The number of carbonyl (C=O) groups excluding carboxylic acids is 3. The van der Waals surface area contributed by atoms with Crippen molar-refractivity contribution in [2.24, 2.45) is 0 Å². The number of halogens is 1. The largest absolute Gasteiger partial charge is 0.439 e. The molecule has 3 atom stereocenters. The molecule has 0 spiro atoms. The lowest BCUT2D eigenvalue weighted by atomic mass is 10.00. The molecular formula is C25H31FN4O4. The Labute approximate surface area is 199 Å². The van der Waals surface area contributed by atoms with Crippen molar-refractivity contribution >= 4 is 17.9 Å². The van der Waals surface area contributed by atoms with Crippen LogP contribution in [-0.4, -0.2) is 72.2 Å². The van der Waals surface area contributed by atoms with Crippen LogP contribution in [0, 0.1) is 0 Å². The van der Waals surface area contributed by atoms with Crippen LogP contribution in [0.4, 0.5) is 9.18 Å². The average molecular weight is 471 g/mol. The number of alkyl halides is 1. The normalized spacial score (nSPS) is 18.5. The van der Waals surface area contributed by atoms with E-state index in [-0.39, 0.29) is 13.0 Å². The summed E-state index contributed by atoms with van der Waals surface area (Å²) in [6, 6.07) is 11.6. The van der Waals surface area contributed by atoms with E-state index < -0.39 is 42.8 Å². The van der Waals surface area contributed by atoms with Crippen LogP contribution in [0.3, 0.4) is 0 Å². The van der Waals surface area contributed by atoms with E-state index in [1.807, 2.05) is 42.5 Å². The van der Waals surface area contributed by atoms with Crippen LogP contribution in [-0.2, 0) is 14.3 Å². The monoisotopic (exact) mass is 470 g/mol. The topological polar surface area (TPSA) is 91.8 Å². The summed E-state index contributed by atoms with van der Waals surface area (Å²) < 4.78 is 19.2. The number of amides is 3. The molecule has 1 saturated heterocycles. The molecule has 0 bridgehead atoms. The zero-order chi connectivity index (χ0) is 24.8. The van der Waals surface area contributed by atoms with Gasteiger partial charge in [0.25, 0.3) is 5.91 Å². The van der Waals surface area contributed by atoms with Crippen molar-refractivity contribution in [2.75, 3.05) is 27.2 Å². The average Bonchev–Trinajstić information content (AvgIpc) is 3.23. The summed E-state index contributed by atoms with van der Waals surface area (Å²) in [5, 5.41) is 2.95. The predicted octanol–water partition coefficient (Wildman–Crippen LogP) is 3.05. The van der Waals surface area contributed by atoms with Crippen molar-refractivity contribution in [1.29, 1.82) is 0 Å². The highest BCUT2D eigenvalue weighted by Crippen LogP contribution is 2.25. The minimum atomic E-state index is -1.34. The third-order valence-electron chi connectivity index (χ3n) is 5.75. The molecule has 0 radical (unpaired) electrons. The number of ether oxygens (including phenoxy) is 1. The van der Waals surface area contributed by atoms with Gasteiger partial charge in [-0.1, -0.05) is 50.2 Å². The number of nitrogens with zero attached hydrogens (tertiary/aromatic N) is 3. The molecule has 2 aromatic rings. The van der Waals surface area contributed by atoms with E-state index in [0.29, 0.717) is 11.6 Å². The van der Waals surface area contributed by atoms with Crippen LogP contribution >= 0.6 is 0 Å². The third-order valence-corrected chi connectivity index (χ3v) is 5.75. The van der Waals surface area contributed by atoms with E-state index in [1.165, 1.54) is 19.0 Å². The molecule has 1 aromatic carbocycles. The van der Waals surface area contributed by atoms with Gasteiger partial charge in [-0.25, -0.2) is 9.18 Å². The zero-order valence-corrected chi connectivity index (χ0v) is 19.9. The van der Waals surface area contributed by atoms with E-state index in [0.717, 1.165) is 16.0 Å². The second kappa shape index (κ2) is 11.1. The van der Waals surface area contributed by atoms with Gasteiger partial charge in [-0.15, -0.1) is 0 Å². The summed E-state index contributed by atoms with van der Waals surface area (Å²) in [6.45, 7) is 3.35. The van der Waals surface area contributed by atoms with Crippen molar-refractivity contribution in [1.82, 2.24) is 20.1 Å². The quantitative estimate of drug-likeness (QED) is 0.672. The number of pyridine rings is 1. The fourth-order valence-electron chi connectivity index (χ4n) is 3.79. The Hall–Kier alpha value is -3.49. The zero-order valence-electron chi connectivity index (χ0n) is 19.9. The first-order valence-electron chi connectivity index (χ1n) is 11.3. The second-order valence-corrected chi connectivity index (χ2v) is 8.87. The molecule has 9 heteroatoms. The minimum Gasteiger partial charge on any atom is -0.439 e. The summed E-state index contributed by atoms with van der Waals surface area (Å²) in [4.78, 5) is 44.4. The first kappa shape index (κ1) is 25.1. The van der Waals surface area contributed by atoms with Crippen molar-refractivity contribution in [3.8, 4) is 0 Å². The van der Waals surface area contributed by atoms with E-state index in [4.69, 9.17) is 4.74 Å². The number of carbonyl (C=O) groups is 3. The highest BCUT2D eigenvalue weighted by Gasteiger charge is 2.41. The first-order chi connectivity index (χ1) is 16.2. The van der Waals surface area contributed by atoms with Crippen molar-refractivity contribution in [3.05, 3.63) is 65.5 Å². The third kappa shape index (κ3) is 6.09. The number of nitrogens with one attached hydrogen (secondary N) is 1. The summed E-state index contributed by atoms with van der Waals surface area (Å²) >= 11 is 0. The molecule has 1 aliphatic heterocycles. The molecule has 3 amide bonds. The van der Waals surface area contributed by atoms with Gasteiger partial charge in [0.2, 0.25) is 5.91 Å². The van der Waals surface area contributed by atoms with Crippen LogP contribution < -0.4 is 5.32 Å². The summed E-state index contributed by atoms with van der Waals surface area (Å²) in [7, 11) is 2.98. The molecule has 0 aliphatic carbocycles. The molecule has 1 aliphatic rings. The van der Waals surface area contributed by atoms with Crippen LogP contribution in [0.1, 0.15) is 49.0 Å². The molecule has 1 fully saturated rings. The van der Waals surface area contributed by atoms with Crippen LogP contribution in [0.25, 0.3) is 0 Å². The molecule has 2 heterocycles. The Balaban J connectivity index is 1.79. The molecule has 8 nitrogen and oxygen atoms in total. The number of hydrogen-bond acceptors (Lipinski definition) is 5. The van der Waals surface area contributed by atoms with Gasteiger partial charge in [0.05, 0.1) is 18.3 Å². The van der Waals surface area contributed by atoms with Gasteiger partial charge in [-0.3, -0.25) is 14.6 Å². The number of hydrogen-bond donors (Lipinski definition) is 1. The summed E-state index contributed by atoms with van der Waals surface area (Å²) in [5.74, 6) is -0.797. The number of rotatable bonds is 7. The van der Waals surface area contributed by atoms with Crippen LogP contribution in [0.5, 0.6) is 0 Å². The fraction of sp³-hybridized carbons (Fsp3) is 0.440. The Morgan fingerprint density at radius 1 is 1.15 bits per heavy atom. The molecule has 0 saturated carbocycles. The molecule has 0 unspecified atom stereocenters. The molecular weight excluding hydrogens is 439 g/mol.